The first-order chi connectivity index (χ1) is 4.20. The van der Waals surface area contributed by atoms with Gasteiger partial charge in [-0.15, -0.1) is 6.58 Å². The molecule has 0 radical (unpaired) electrons. The molecule has 0 aliphatic carbocycles. The largest absolute Gasteiger partial charge is 0.389 e. The van der Waals surface area contributed by atoms with E-state index in [0.29, 0.717) is 6.42 Å². The Kier molecular flexibility index (Phi) is 4.06. The van der Waals surface area contributed by atoms with E-state index < -0.39 is 0 Å². The fourth-order valence-electron chi connectivity index (χ4n) is 0.531. The Labute approximate surface area is 56.7 Å². The van der Waals surface area contributed by atoms with Gasteiger partial charge in [0.1, 0.15) is 0 Å². The molecule has 0 fully saturated rings. The molecule has 1 nitrogen and oxygen atoms in total. The summed E-state index contributed by atoms with van der Waals surface area (Å²) in [5.74, 6) is 0. The van der Waals surface area contributed by atoms with E-state index in [4.69, 9.17) is 5.11 Å². The van der Waals surface area contributed by atoms with Crippen LogP contribution in [-0.4, -0.2) is 11.2 Å². The van der Waals surface area contributed by atoms with Crippen molar-refractivity contribution in [2.45, 2.75) is 26.4 Å². The van der Waals surface area contributed by atoms with Crippen LogP contribution in [0.2, 0.25) is 0 Å². The van der Waals surface area contributed by atoms with Crippen molar-refractivity contribution in [3.63, 3.8) is 0 Å². The maximum Gasteiger partial charge on any atom is 0.0755 e. The van der Waals surface area contributed by atoms with Crippen LogP contribution in [0, 0.1) is 0 Å². The van der Waals surface area contributed by atoms with E-state index in [1.54, 1.807) is 6.08 Å². The zero-order valence-corrected chi connectivity index (χ0v) is 6.09. The first kappa shape index (κ1) is 8.44. The topological polar surface area (TPSA) is 20.2 Å². The van der Waals surface area contributed by atoms with Crippen LogP contribution >= 0.6 is 0 Å². The third-order valence-electron chi connectivity index (χ3n) is 1.30. The third-order valence-corrected chi connectivity index (χ3v) is 1.30. The highest BCUT2D eigenvalue weighted by molar-refractivity contribution is 5.00. The Morgan fingerprint density at radius 1 is 1.78 bits per heavy atom. The smallest absolute Gasteiger partial charge is 0.0755 e. The highest BCUT2D eigenvalue weighted by Crippen LogP contribution is 2.03. The quantitative estimate of drug-likeness (QED) is 0.572. The van der Waals surface area contributed by atoms with Crippen LogP contribution in [0.25, 0.3) is 0 Å². The lowest BCUT2D eigenvalue weighted by molar-refractivity contribution is 0.224. The summed E-state index contributed by atoms with van der Waals surface area (Å²) in [6.45, 7) is 7.43. The molecule has 0 heterocycles. The van der Waals surface area contributed by atoms with Crippen LogP contribution in [0.4, 0.5) is 0 Å². The predicted octanol–water partition coefficient (Wildman–Crippen LogP) is 1.89. The Morgan fingerprint density at radius 3 is 2.67 bits per heavy atom. The summed E-state index contributed by atoms with van der Waals surface area (Å²) in [6, 6.07) is 0. The third kappa shape index (κ3) is 3.98. The molecule has 52 valence electrons. The number of hydrogen-bond acceptors (Lipinski definition) is 1. The predicted molar refractivity (Wildman–Crippen MR) is 40.3 cm³/mol. The highest BCUT2D eigenvalue weighted by Gasteiger charge is 1.96. The van der Waals surface area contributed by atoms with Gasteiger partial charge in [-0.05, 0) is 20.3 Å². The number of allylic oxidation sites excluding steroid dienone is 1. The van der Waals surface area contributed by atoms with Gasteiger partial charge in [0.05, 0.1) is 6.10 Å². The van der Waals surface area contributed by atoms with Gasteiger partial charge in [0, 0.05) is 0 Å². The van der Waals surface area contributed by atoms with E-state index in [1.807, 2.05) is 19.9 Å². The lowest BCUT2D eigenvalue weighted by atomic mass is 10.1. The highest BCUT2D eigenvalue weighted by atomic mass is 16.3. The summed E-state index contributed by atoms with van der Waals surface area (Å²) in [5.41, 5.74) is 1.20. The first-order valence-corrected chi connectivity index (χ1v) is 3.13. The molecule has 1 heteroatoms. The summed E-state index contributed by atoms with van der Waals surface area (Å²) >= 11 is 0. The van der Waals surface area contributed by atoms with Crippen molar-refractivity contribution in [1.29, 1.82) is 0 Å². The fraction of sp³-hybridized carbons (Fsp3) is 0.500. The van der Waals surface area contributed by atoms with Crippen molar-refractivity contribution >= 4 is 0 Å². The monoisotopic (exact) mass is 126 g/mol. The Balaban J connectivity index is 3.59. The van der Waals surface area contributed by atoms with Crippen LogP contribution in [0.1, 0.15) is 20.3 Å². The summed E-state index contributed by atoms with van der Waals surface area (Å²) < 4.78 is 0. The zero-order valence-electron chi connectivity index (χ0n) is 6.09. The molecule has 0 aromatic carbocycles. The Bertz CT molecular complexity index is 114. The molecule has 1 atom stereocenters. The number of aliphatic hydroxyl groups is 1. The van der Waals surface area contributed by atoms with E-state index in [-0.39, 0.29) is 6.10 Å². The molecule has 0 saturated carbocycles. The van der Waals surface area contributed by atoms with E-state index in [2.05, 4.69) is 6.58 Å². The standard InChI is InChI=1S/C8H14O/c1-4-7(3)6-8(9)5-2/h4-5,8-9H,2,6H2,1,3H3/b7-4-. The molecule has 0 rings (SSSR count). The van der Waals surface area contributed by atoms with Crippen molar-refractivity contribution < 1.29 is 5.11 Å². The van der Waals surface area contributed by atoms with Crippen molar-refractivity contribution in [2.75, 3.05) is 0 Å². The van der Waals surface area contributed by atoms with Crippen molar-refractivity contribution in [1.82, 2.24) is 0 Å². The minimum Gasteiger partial charge on any atom is -0.389 e. The Morgan fingerprint density at radius 2 is 2.33 bits per heavy atom. The SMILES string of the molecule is C=CC(O)C/C(C)=C\C. The molecule has 0 aliphatic rings. The van der Waals surface area contributed by atoms with Gasteiger partial charge in [0.2, 0.25) is 0 Å². The minimum absolute atomic E-state index is 0.374. The van der Waals surface area contributed by atoms with Crippen molar-refractivity contribution in [3.05, 3.63) is 24.3 Å². The molecule has 0 aromatic heterocycles. The second-order valence-electron chi connectivity index (χ2n) is 2.14. The average molecular weight is 126 g/mol. The van der Waals surface area contributed by atoms with Crippen LogP contribution in [0.3, 0.4) is 0 Å². The molecule has 0 saturated heterocycles. The van der Waals surface area contributed by atoms with E-state index in [0.717, 1.165) is 0 Å². The second kappa shape index (κ2) is 4.33. The summed E-state index contributed by atoms with van der Waals surface area (Å²) in [4.78, 5) is 0. The van der Waals surface area contributed by atoms with Gasteiger partial charge in [-0.2, -0.15) is 0 Å². The van der Waals surface area contributed by atoms with Gasteiger partial charge in [0.25, 0.3) is 0 Å². The van der Waals surface area contributed by atoms with E-state index in [1.165, 1.54) is 5.57 Å². The molecule has 0 spiro atoms. The zero-order chi connectivity index (χ0) is 7.28. The summed E-state index contributed by atoms with van der Waals surface area (Å²) in [5, 5.41) is 9.00. The number of aliphatic hydroxyl groups excluding tert-OH is 1. The summed E-state index contributed by atoms with van der Waals surface area (Å²) in [6.07, 6.45) is 3.88. The maximum atomic E-state index is 9.00. The van der Waals surface area contributed by atoms with Crippen molar-refractivity contribution in [3.8, 4) is 0 Å². The van der Waals surface area contributed by atoms with Crippen LogP contribution < -0.4 is 0 Å². The van der Waals surface area contributed by atoms with Gasteiger partial charge in [0.15, 0.2) is 0 Å². The Hall–Kier alpha value is -0.560. The molecule has 0 aliphatic heterocycles. The summed E-state index contributed by atoms with van der Waals surface area (Å²) in [7, 11) is 0. The first-order valence-electron chi connectivity index (χ1n) is 3.13. The molecule has 1 N–H and O–H groups in total. The molecule has 0 bridgehead atoms. The van der Waals surface area contributed by atoms with Gasteiger partial charge in [-0.3, -0.25) is 0 Å². The average Bonchev–Trinajstić information content (AvgIpc) is 1.87. The number of hydrogen-bond donors (Lipinski definition) is 1. The molecular formula is C8H14O. The van der Waals surface area contributed by atoms with Gasteiger partial charge in [-0.1, -0.05) is 17.7 Å². The second-order valence-corrected chi connectivity index (χ2v) is 2.14. The van der Waals surface area contributed by atoms with Gasteiger partial charge < -0.3 is 5.11 Å². The fourth-order valence-corrected chi connectivity index (χ4v) is 0.531. The van der Waals surface area contributed by atoms with Crippen LogP contribution in [0.15, 0.2) is 24.3 Å². The van der Waals surface area contributed by atoms with E-state index in [9.17, 15) is 0 Å². The van der Waals surface area contributed by atoms with E-state index >= 15 is 0 Å². The molecule has 9 heavy (non-hydrogen) atoms. The van der Waals surface area contributed by atoms with Crippen molar-refractivity contribution in [2.24, 2.45) is 0 Å². The lowest BCUT2D eigenvalue weighted by Gasteiger charge is -2.02. The molecule has 0 aromatic rings. The minimum atomic E-state index is -0.374. The number of rotatable bonds is 3. The lowest BCUT2D eigenvalue weighted by Crippen LogP contribution is -2.00. The molecule has 0 amide bonds. The normalized spacial score (nSPS) is 15.2. The molecule has 1 unspecified atom stereocenters. The van der Waals surface area contributed by atoms with Crippen LogP contribution in [-0.2, 0) is 0 Å². The van der Waals surface area contributed by atoms with Gasteiger partial charge in [-0.25, -0.2) is 0 Å². The van der Waals surface area contributed by atoms with Gasteiger partial charge >= 0.3 is 0 Å². The van der Waals surface area contributed by atoms with Crippen LogP contribution in [0.5, 0.6) is 0 Å². The molecular weight excluding hydrogens is 112 g/mol. The maximum absolute atomic E-state index is 9.00.